The molecule has 2 aliphatic rings. The lowest BCUT2D eigenvalue weighted by Crippen LogP contribution is -2.51. The van der Waals surface area contributed by atoms with Gasteiger partial charge in [0, 0.05) is 47.1 Å². The Kier molecular flexibility index (Phi) is 5.37. The first-order valence-corrected chi connectivity index (χ1v) is 11.5. The minimum absolute atomic E-state index is 0.488. The van der Waals surface area contributed by atoms with Crippen LogP contribution in [0, 0.1) is 13.8 Å². The molecule has 0 saturated carbocycles. The Morgan fingerprint density at radius 3 is 2.49 bits per heavy atom. The minimum atomic E-state index is -3.99. The molecule has 2 aliphatic heterocycles. The van der Waals surface area contributed by atoms with Crippen LogP contribution in [0.25, 0.3) is 16.0 Å². The van der Waals surface area contributed by atoms with Gasteiger partial charge in [-0.2, -0.15) is 0 Å². The van der Waals surface area contributed by atoms with Crippen LogP contribution in [0.4, 0.5) is 20.0 Å². The van der Waals surface area contributed by atoms with Gasteiger partial charge in [-0.3, -0.25) is 0 Å². The van der Waals surface area contributed by atoms with Crippen LogP contribution in [0.3, 0.4) is 0 Å². The van der Waals surface area contributed by atoms with Crippen LogP contribution < -0.4 is 5.32 Å². The van der Waals surface area contributed by atoms with Crippen molar-refractivity contribution >= 4 is 29.6 Å². The highest BCUT2D eigenvalue weighted by atomic mass is 19.2. The Balaban J connectivity index is 1.55. The molecule has 0 radical (unpaired) electrons. The molecule has 0 aliphatic carbocycles. The van der Waals surface area contributed by atoms with Crippen LogP contribution in [0.1, 0.15) is 41.9 Å². The molecule has 6 nitrogen and oxygen atoms in total. The molecule has 35 heavy (non-hydrogen) atoms. The Morgan fingerprint density at radius 1 is 1.06 bits per heavy atom. The molecule has 0 fully saturated rings. The van der Waals surface area contributed by atoms with Crippen molar-refractivity contribution in [1.82, 2.24) is 4.48 Å². The molecule has 3 heterocycles. The highest BCUT2D eigenvalue weighted by molar-refractivity contribution is 6.58. The molecule has 3 aromatic rings. The minimum Gasteiger partial charge on any atom is -0.393 e. The molecule has 9 heteroatoms. The maximum absolute atomic E-state index is 15.8. The lowest BCUT2D eigenvalue weighted by atomic mass is 9.84. The van der Waals surface area contributed by atoms with E-state index in [2.05, 4.69) is 15.3 Å². The molecular formula is C26H25BF2N6. The topological polar surface area (TPSA) is 68.7 Å². The van der Waals surface area contributed by atoms with E-state index < -0.39 is 6.97 Å². The van der Waals surface area contributed by atoms with Gasteiger partial charge in [-0.05, 0) is 66.9 Å². The molecule has 0 spiro atoms. The van der Waals surface area contributed by atoms with E-state index in [1.807, 2.05) is 68.5 Å². The summed E-state index contributed by atoms with van der Waals surface area (Å²) in [5.41, 5.74) is 16.7. The van der Waals surface area contributed by atoms with Crippen molar-refractivity contribution in [2.24, 2.45) is 5.11 Å². The van der Waals surface area contributed by atoms with Crippen LogP contribution >= 0.6 is 0 Å². The van der Waals surface area contributed by atoms with Gasteiger partial charge in [-0.15, -0.1) is 0 Å². The van der Waals surface area contributed by atoms with Crippen molar-refractivity contribution in [1.29, 1.82) is 0 Å². The second kappa shape index (κ2) is 8.29. The summed E-state index contributed by atoms with van der Waals surface area (Å²) in [5, 5.41) is 7.09. The normalized spacial score (nSPS) is 16.0. The average molecular weight is 470 g/mol. The van der Waals surface area contributed by atoms with Gasteiger partial charge in [0.2, 0.25) is 0 Å². The number of halogens is 2. The maximum atomic E-state index is 15.8. The summed E-state index contributed by atoms with van der Waals surface area (Å²) in [4.78, 5) is 2.89. The zero-order chi connectivity index (χ0) is 24.9. The summed E-state index contributed by atoms with van der Waals surface area (Å²) < 4.78 is 34.0. The van der Waals surface area contributed by atoms with Crippen molar-refractivity contribution in [3.05, 3.63) is 110 Å². The monoisotopic (exact) mass is 470 g/mol. The zero-order valence-corrected chi connectivity index (χ0v) is 20.0. The summed E-state index contributed by atoms with van der Waals surface area (Å²) in [6, 6.07) is 17.1. The molecule has 5 rings (SSSR count). The first-order chi connectivity index (χ1) is 16.7. The molecule has 0 bridgehead atoms. The third-order valence-electron chi connectivity index (χ3n) is 6.74. The lowest BCUT2D eigenvalue weighted by molar-refractivity contribution is -0.363. The number of hydrogen-bond acceptors (Lipinski definition) is 2. The molecule has 2 aromatic carbocycles. The van der Waals surface area contributed by atoms with Gasteiger partial charge in [-0.1, -0.05) is 41.5 Å². The Labute approximate surface area is 202 Å². The van der Waals surface area contributed by atoms with Gasteiger partial charge in [0.25, 0.3) is 0 Å². The SMILES string of the molecule is CC1=CC(C)=[N+]2C1=C(c1ccc(NCc3ccccc3N=[N+]=[N-])cc1)c1c(C)cc(C)n1[B-]2(F)F. The molecule has 0 saturated heterocycles. The van der Waals surface area contributed by atoms with E-state index in [0.717, 1.165) is 33.5 Å². The third-order valence-corrected chi connectivity index (χ3v) is 6.74. The van der Waals surface area contributed by atoms with Crippen molar-refractivity contribution in [3.63, 3.8) is 0 Å². The number of rotatable bonds is 5. The number of azide groups is 1. The average Bonchev–Trinajstić information content (AvgIpc) is 3.30. The lowest BCUT2D eigenvalue weighted by Gasteiger charge is -2.34. The second-order valence-corrected chi connectivity index (χ2v) is 9.09. The number of anilines is 1. The number of aryl methyl sites for hydroxylation is 2. The van der Waals surface area contributed by atoms with Gasteiger partial charge in [-0.25, -0.2) is 0 Å². The van der Waals surface area contributed by atoms with Crippen molar-refractivity contribution in [2.45, 2.75) is 34.2 Å². The summed E-state index contributed by atoms with van der Waals surface area (Å²) in [5.74, 6) is 0. The summed E-state index contributed by atoms with van der Waals surface area (Å²) >= 11 is 0. The van der Waals surface area contributed by atoms with Gasteiger partial charge in [0.1, 0.15) is 5.71 Å². The number of aromatic nitrogens is 1. The quantitative estimate of drug-likeness (QED) is 0.184. The Hall–Kier alpha value is -4.10. The van der Waals surface area contributed by atoms with E-state index in [0.29, 0.717) is 35.0 Å². The van der Waals surface area contributed by atoms with Crippen LogP contribution in [0.5, 0.6) is 0 Å². The summed E-state index contributed by atoms with van der Waals surface area (Å²) in [6.07, 6.45) is 1.83. The van der Waals surface area contributed by atoms with Gasteiger partial charge in [0.05, 0.1) is 5.57 Å². The first-order valence-electron chi connectivity index (χ1n) is 11.5. The second-order valence-electron chi connectivity index (χ2n) is 9.09. The van der Waals surface area contributed by atoms with E-state index in [1.165, 1.54) is 8.96 Å². The Morgan fingerprint density at radius 2 is 1.77 bits per heavy atom. The van der Waals surface area contributed by atoms with Crippen LogP contribution in [-0.2, 0) is 6.54 Å². The number of fused-ring (bicyclic) bond motifs is 2. The predicted octanol–water partition coefficient (Wildman–Crippen LogP) is 7.09. The third kappa shape index (κ3) is 3.56. The largest absolute Gasteiger partial charge is 0.737 e. The molecule has 1 aromatic heterocycles. The van der Waals surface area contributed by atoms with E-state index >= 15 is 8.63 Å². The predicted molar refractivity (Wildman–Crippen MR) is 137 cm³/mol. The molecule has 0 atom stereocenters. The number of hydrogen-bond donors (Lipinski definition) is 1. The fourth-order valence-corrected chi connectivity index (χ4v) is 5.33. The fourth-order valence-electron chi connectivity index (χ4n) is 5.33. The summed E-state index contributed by atoms with van der Waals surface area (Å²) in [6.45, 7) is 3.76. The molecule has 1 N–H and O–H groups in total. The van der Waals surface area contributed by atoms with Crippen LogP contribution in [-0.4, -0.2) is 21.6 Å². The number of nitrogens with zero attached hydrogens (tertiary/aromatic N) is 5. The highest BCUT2D eigenvalue weighted by Gasteiger charge is 2.55. The maximum Gasteiger partial charge on any atom is 0.737 e. The molecule has 0 amide bonds. The van der Waals surface area contributed by atoms with Crippen molar-refractivity contribution in [2.75, 3.05) is 5.32 Å². The van der Waals surface area contributed by atoms with Gasteiger partial charge < -0.3 is 22.9 Å². The highest BCUT2D eigenvalue weighted by Crippen LogP contribution is 2.44. The number of benzene rings is 2. The zero-order valence-electron chi connectivity index (χ0n) is 20.0. The van der Waals surface area contributed by atoms with Crippen molar-refractivity contribution < 1.29 is 13.1 Å². The van der Waals surface area contributed by atoms with Crippen LogP contribution in [0.2, 0.25) is 0 Å². The summed E-state index contributed by atoms with van der Waals surface area (Å²) in [7, 11) is 0. The molecular weight excluding hydrogens is 445 g/mol. The van der Waals surface area contributed by atoms with Crippen LogP contribution in [0.15, 0.2) is 77.1 Å². The van der Waals surface area contributed by atoms with Crippen molar-refractivity contribution in [3.8, 4) is 0 Å². The molecule has 176 valence electrons. The van der Waals surface area contributed by atoms with E-state index in [-0.39, 0.29) is 0 Å². The van der Waals surface area contributed by atoms with Gasteiger partial charge in [0.15, 0.2) is 5.70 Å². The van der Waals surface area contributed by atoms with E-state index in [4.69, 9.17) is 5.53 Å². The van der Waals surface area contributed by atoms with E-state index in [9.17, 15) is 0 Å². The van der Waals surface area contributed by atoms with Gasteiger partial charge >= 0.3 is 6.97 Å². The van der Waals surface area contributed by atoms with E-state index in [1.54, 1.807) is 19.9 Å². The first kappa shape index (κ1) is 22.7. The number of nitrogens with one attached hydrogen (secondary N) is 1. The smallest absolute Gasteiger partial charge is 0.393 e. The fraction of sp³-hybridized carbons (Fsp3) is 0.192. The standard InChI is InChI=1S/C26H25BF2N6/c1-16-13-18(3)34-25(16)24(26-17(2)14-19(4)35(26)27(34,28)29)20-9-11-22(12-10-20)31-15-21-7-5-6-8-23(21)32-33-30/h5-14,31H,15H2,1-4H3. The molecule has 0 unspecified atom stereocenters. The Bertz CT molecular complexity index is 1510. The number of allylic oxidation sites excluding steroid dienone is 2.